The summed E-state index contributed by atoms with van der Waals surface area (Å²) in [7, 11) is 6.31. The van der Waals surface area contributed by atoms with Crippen LogP contribution in [0.15, 0.2) is 72.8 Å². The fraction of sp³-hybridized carbons (Fsp3) is 0.226. The number of alkyl halides is 6. The average Bonchev–Trinajstić information content (AvgIpc) is 3.32. The predicted octanol–water partition coefficient (Wildman–Crippen LogP) is 5.42. The average molecular weight is 669 g/mol. The van der Waals surface area contributed by atoms with Crippen molar-refractivity contribution in [2.75, 3.05) is 21.1 Å². The lowest BCUT2D eigenvalue weighted by atomic mass is 10.1. The normalized spacial score (nSPS) is 11.8. The van der Waals surface area contributed by atoms with Gasteiger partial charge in [-0.1, -0.05) is 30.3 Å². The molecule has 4 aromatic rings. The maximum atomic E-state index is 13.9. The molecular formula is C31H29F7N5O4+. The van der Waals surface area contributed by atoms with E-state index in [2.05, 4.69) is 43.3 Å². The number of amidine groups is 1. The molecule has 1 heterocycles. The number of aromatic nitrogens is 1. The van der Waals surface area contributed by atoms with Crippen LogP contribution in [0, 0.1) is 11.2 Å². The second-order valence-electron chi connectivity index (χ2n) is 11.0. The minimum absolute atomic E-state index is 0.0180. The topological polar surface area (TPSA) is 127 Å². The third-order valence-corrected chi connectivity index (χ3v) is 6.49. The van der Waals surface area contributed by atoms with Crippen molar-refractivity contribution in [3.8, 4) is 0 Å². The minimum atomic E-state index is -5.62. The second kappa shape index (κ2) is 14.0. The van der Waals surface area contributed by atoms with E-state index in [1.165, 1.54) is 17.8 Å². The van der Waals surface area contributed by atoms with Crippen LogP contribution in [0.2, 0.25) is 0 Å². The van der Waals surface area contributed by atoms with Crippen LogP contribution < -0.4 is 15.5 Å². The summed E-state index contributed by atoms with van der Waals surface area (Å²) >= 11 is 0. The number of ether oxygens (including phenoxy) is 1. The highest BCUT2D eigenvalue weighted by molar-refractivity contribution is 5.99. The zero-order valence-corrected chi connectivity index (χ0v) is 25.1. The van der Waals surface area contributed by atoms with Crippen molar-refractivity contribution >= 4 is 40.3 Å². The molecule has 0 saturated carbocycles. The van der Waals surface area contributed by atoms with Gasteiger partial charge in [-0.3, -0.25) is 14.7 Å². The standard InChI is InChI=1S/C27H28FN5O.C4F6O3/c1-33(2,3)23-10-7-18(8-11-23)16-31-27(34)25-15-21-14-22(28)9-12-24(21)32(25)17-19-5-4-6-20(13-19)26(29)30;5-3(6,7)1(11)13-2(12)4(8,9)10/h4-15H,16-17H2,1-3H3,(H3-,29,30,31,34);/p+1. The first-order valence-corrected chi connectivity index (χ1v) is 13.5. The van der Waals surface area contributed by atoms with Gasteiger partial charge in [0, 0.05) is 29.6 Å². The van der Waals surface area contributed by atoms with Crippen LogP contribution in [0.1, 0.15) is 27.2 Å². The number of fused-ring (bicyclic) bond motifs is 1. The highest BCUT2D eigenvalue weighted by Gasteiger charge is 2.49. The highest BCUT2D eigenvalue weighted by atomic mass is 19.4. The first kappa shape index (κ1) is 36.2. The quantitative estimate of drug-likeness (QED) is 0.0606. The van der Waals surface area contributed by atoms with Gasteiger partial charge in [-0.05, 0) is 53.6 Å². The number of nitrogens with one attached hydrogen (secondary N) is 2. The highest BCUT2D eigenvalue weighted by Crippen LogP contribution is 2.24. The van der Waals surface area contributed by atoms with Crippen molar-refractivity contribution in [2.24, 2.45) is 5.73 Å². The number of rotatable bonds is 7. The number of nitrogen functional groups attached to an aromatic ring is 1. The number of halogens is 7. The molecule has 0 atom stereocenters. The van der Waals surface area contributed by atoms with E-state index in [4.69, 9.17) is 11.1 Å². The van der Waals surface area contributed by atoms with Gasteiger partial charge in [0.2, 0.25) is 0 Å². The number of benzene rings is 3. The van der Waals surface area contributed by atoms with Gasteiger partial charge in [-0.15, -0.1) is 0 Å². The van der Waals surface area contributed by atoms with Gasteiger partial charge in [-0.2, -0.15) is 26.3 Å². The summed E-state index contributed by atoms with van der Waals surface area (Å²) in [6, 6.07) is 21.7. The number of esters is 2. The fourth-order valence-corrected chi connectivity index (χ4v) is 4.15. The van der Waals surface area contributed by atoms with Crippen molar-refractivity contribution in [1.29, 1.82) is 5.41 Å². The number of carbonyl (C=O) groups excluding carboxylic acids is 3. The van der Waals surface area contributed by atoms with E-state index in [0.717, 1.165) is 16.6 Å². The number of carbonyl (C=O) groups is 3. The molecule has 0 saturated heterocycles. The van der Waals surface area contributed by atoms with Gasteiger partial charge >= 0.3 is 24.3 Å². The van der Waals surface area contributed by atoms with E-state index >= 15 is 0 Å². The number of nitrogens with two attached hydrogens (primary N) is 1. The molecule has 1 amide bonds. The van der Waals surface area contributed by atoms with Crippen LogP contribution in [-0.2, 0) is 27.4 Å². The van der Waals surface area contributed by atoms with Crippen molar-refractivity contribution in [1.82, 2.24) is 14.4 Å². The zero-order valence-electron chi connectivity index (χ0n) is 25.1. The molecule has 4 N–H and O–H groups in total. The molecule has 4 rings (SSSR count). The number of quaternary nitrogens is 1. The fourth-order valence-electron chi connectivity index (χ4n) is 4.15. The van der Waals surface area contributed by atoms with E-state index in [1.807, 2.05) is 34.9 Å². The van der Waals surface area contributed by atoms with E-state index in [1.54, 1.807) is 18.2 Å². The Balaban J connectivity index is 0.000000392. The number of nitrogens with zero attached hydrogens (tertiary/aromatic N) is 2. The third kappa shape index (κ3) is 9.87. The Labute approximate surface area is 263 Å². The molecule has 0 spiro atoms. The minimum Gasteiger partial charge on any atom is -0.384 e. The first-order valence-electron chi connectivity index (χ1n) is 13.5. The van der Waals surface area contributed by atoms with Crippen molar-refractivity contribution in [3.63, 3.8) is 0 Å². The molecule has 250 valence electrons. The SMILES string of the molecule is C[N+](C)(C)c1ccc(CNC(=O)c2cc3cc(F)ccc3n2Cc2cccc(C(=N)N)c2)cc1.O=C(OC(=O)C(F)(F)F)C(F)(F)F. The lowest BCUT2D eigenvalue weighted by Gasteiger charge is -2.23. The van der Waals surface area contributed by atoms with Gasteiger partial charge in [0.1, 0.15) is 23.0 Å². The molecule has 9 nitrogen and oxygen atoms in total. The zero-order chi connectivity index (χ0) is 35.3. The summed E-state index contributed by atoms with van der Waals surface area (Å²) in [6.45, 7) is 0.767. The maximum Gasteiger partial charge on any atom is 0.491 e. The monoisotopic (exact) mass is 668 g/mol. The van der Waals surface area contributed by atoms with Crippen LogP contribution >= 0.6 is 0 Å². The first-order chi connectivity index (χ1) is 21.7. The van der Waals surface area contributed by atoms with E-state index in [0.29, 0.717) is 34.2 Å². The molecule has 0 aliphatic rings. The second-order valence-corrected chi connectivity index (χ2v) is 11.0. The molecule has 0 unspecified atom stereocenters. The molecule has 0 radical (unpaired) electrons. The van der Waals surface area contributed by atoms with Crippen molar-refractivity contribution < 1.29 is 49.9 Å². The number of hydrogen-bond donors (Lipinski definition) is 3. The largest absolute Gasteiger partial charge is 0.491 e. The molecule has 0 fully saturated rings. The van der Waals surface area contributed by atoms with Crippen LogP contribution in [0.5, 0.6) is 0 Å². The smallest absolute Gasteiger partial charge is 0.384 e. The van der Waals surface area contributed by atoms with Gasteiger partial charge in [0.05, 0.1) is 21.1 Å². The molecule has 47 heavy (non-hydrogen) atoms. The summed E-state index contributed by atoms with van der Waals surface area (Å²) in [5.41, 5.74) is 10.5. The van der Waals surface area contributed by atoms with Crippen molar-refractivity contribution in [2.45, 2.75) is 25.4 Å². The van der Waals surface area contributed by atoms with Crippen LogP contribution in [0.4, 0.5) is 36.4 Å². The van der Waals surface area contributed by atoms with E-state index in [-0.39, 0.29) is 17.6 Å². The molecule has 16 heteroatoms. The van der Waals surface area contributed by atoms with E-state index < -0.39 is 24.3 Å². The lowest BCUT2D eigenvalue weighted by Crippen LogP contribution is -2.34. The predicted molar refractivity (Wildman–Crippen MR) is 159 cm³/mol. The van der Waals surface area contributed by atoms with Crippen LogP contribution in [0.25, 0.3) is 10.9 Å². The molecule has 1 aromatic heterocycles. The molecule has 3 aromatic carbocycles. The molecule has 0 bridgehead atoms. The Morgan fingerprint density at radius 2 is 1.45 bits per heavy atom. The summed E-state index contributed by atoms with van der Waals surface area (Å²) in [6.07, 6.45) is -11.2. The van der Waals surface area contributed by atoms with E-state index in [9.17, 15) is 45.1 Å². The van der Waals surface area contributed by atoms with Crippen LogP contribution in [-0.4, -0.2) is 61.7 Å². The lowest BCUT2D eigenvalue weighted by molar-refractivity contribution is -0.221. The van der Waals surface area contributed by atoms with Gasteiger partial charge in [0.15, 0.2) is 0 Å². The summed E-state index contributed by atoms with van der Waals surface area (Å²) in [5.74, 6) is -7.01. The summed E-state index contributed by atoms with van der Waals surface area (Å²) in [5, 5.41) is 11.3. The summed E-state index contributed by atoms with van der Waals surface area (Å²) in [4.78, 5) is 32.5. The van der Waals surface area contributed by atoms with Crippen molar-refractivity contribution in [3.05, 3.63) is 101 Å². The number of hydrogen-bond acceptors (Lipinski definition) is 5. The number of amides is 1. The van der Waals surface area contributed by atoms with Gasteiger partial charge in [0.25, 0.3) is 5.91 Å². The molecule has 0 aliphatic carbocycles. The van der Waals surface area contributed by atoms with Gasteiger partial charge < -0.3 is 20.4 Å². The van der Waals surface area contributed by atoms with Gasteiger partial charge in [-0.25, -0.2) is 14.0 Å². The Bertz CT molecular complexity index is 1770. The molecular weight excluding hydrogens is 639 g/mol. The molecule has 0 aliphatic heterocycles. The summed E-state index contributed by atoms with van der Waals surface area (Å²) < 4.78 is 86.1. The Hall–Kier alpha value is -5.25. The third-order valence-electron chi connectivity index (χ3n) is 6.49. The Morgan fingerprint density at radius 3 is 1.98 bits per heavy atom. The van der Waals surface area contributed by atoms with Crippen LogP contribution in [0.3, 0.4) is 0 Å². The maximum absolute atomic E-state index is 13.9. The Morgan fingerprint density at radius 1 is 0.851 bits per heavy atom. The Kier molecular flexibility index (Phi) is 10.8.